The largest absolute Gasteiger partial charge is 0.314 e. The molecular formula is C15H20N2S. The zero-order chi connectivity index (χ0) is 12.4. The number of aryl methyl sites for hydroxylation is 1. The molecule has 1 N–H and O–H groups in total. The van der Waals surface area contributed by atoms with Gasteiger partial charge in [-0.05, 0) is 43.9 Å². The fourth-order valence-electron chi connectivity index (χ4n) is 2.63. The predicted octanol–water partition coefficient (Wildman–Crippen LogP) is 3.62. The summed E-state index contributed by atoms with van der Waals surface area (Å²) in [5, 5.41) is 4.94. The van der Waals surface area contributed by atoms with Gasteiger partial charge in [0.25, 0.3) is 0 Å². The van der Waals surface area contributed by atoms with Crippen molar-refractivity contribution < 1.29 is 0 Å². The van der Waals surface area contributed by atoms with E-state index in [1.165, 1.54) is 35.5 Å². The van der Waals surface area contributed by atoms with Gasteiger partial charge in [0, 0.05) is 12.5 Å². The fraction of sp³-hybridized carbons (Fsp3) is 0.533. The highest BCUT2D eigenvalue weighted by Gasteiger charge is 2.17. The number of nitrogens with zero attached hydrogens (tertiary/aromatic N) is 1. The summed E-state index contributed by atoms with van der Waals surface area (Å²) in [6, 6.07) is 9.13. The number of para-hydroxylation sites is 1. The maximum atomic E-state index is 4.70. The molecule has 18 heavy (non-hydrogen) atoms. The van der Waals surface area contributed by atoms with Crippen molar-refractivity contribution in [3.05, 3.63) is 29.3 Å². The van der Waals surface area contributed by atoms with Crippen LogP contribution < -0.4 is 5.32 Å². The topological polar surface area (TPSA) is 24.9 Å². The summed E-state index contributed by atoms with van der Waals surface area (Å²) >= 11 is 1.85. The third-order valence-electron chi connectivity index (χ3n) is 3.81. The molecule has 1 aliphatic rings. The first-order valence-electron chi connectivity index (χ1n) is 6.89. The molecule has 0 aliphatic carbocycles. The standard InChI is InChI=1S/C15H20N2S/c1-11-6-7-12(16-10-11)8-9-15-17-13-4-2-3-5-14(13)18-15/h2-5,11-12,16H,6-10H2,1H3. The average molecular weight is 260 g/mol. The Labute approximate surface area is 112 Å². The molecule has 2 unspecified atom stereocenters. The number of nitrogens with one attached hydrogen (secondary N) is 1. The van der Waals surface area contributed by atoms with Crippen LogP contribution in [-0.2, 0) is 6.42 Å². The van der Waals surface area contributed by atoms with E-state index < -0.39 is 0 Å². The Morgan fingerprint density at radius 3 is 3.00 bits per heavy atom. The fourth-order valence-corrected chi connectivity index (χ4v) is 3.61. The van der Waals surface area contributed by atoms with Gasteiger partial charge in [0.15, 0.2) is 0 Å². The lowest BCUT2D eigenvalue weighted by molar-refractivity contribution is 0.316. The molecule has 2 atom stereocenters. The maximum Gasteiger partial charge on any atom is 0.0939 e. The van der Waals surface area contributed by atoms with Gasteiger partial charge in [-0.25, -0.2) is 4.98 Å². The van der Waals surface area contributed by atoms with Crippen LogP contribution in [0.15, 0.2) is 24.3 Å². The van der Waals surface area contributed by atoms with E-state index in [-0.39, 0.29) is 0 Å². The van der Waals surface area contributed by atoms with E-state index in [9.17, 15) is 0 Å². The van der Waals surface area contributed by atoms with Crippen molar-refractivity contribution in [1.29, 1.82) is 0 Å². The summed E-state index contributed by atoms with van der Waals surface area (Å²) < 4.78 is 1.32. The zero-order valence-electron chi connectivity index (χ0n) is 10.9. The van der Waals surface area contributed by atoms with E-state index in [2.05, 4.69) is 36.5 Å². The number of hydrogen-bond acceptors (Lipinski definition) is 3. The molecular weight excluding hydrogens is 240 g/mol. The van der Waals surface area contributed by atoms with Crippen LogP contribution in [0, 0.1) is 5.92 Å². The third kappa shape index (κ3) is 2.73. The Morgan fingerprint density at radius 1 is 1.33 bits per heavy atom. The molecule has 3 heteroatoms. The van der Waals surface area contributed by atoms with E-state index in [0.717, 1.165) is 17.9 Å². The van der Waals surface area contributed by atoms with Crippen molar-refractivity contribution in [2.75, 3.05) is 6.54 Å². The normalized spacial score (nSPS) is 24.5. The van der Waals surface area contributed by atoms with Crippen LogP contribution in [0.1, 0.15) is 31.2 Å². The molecule has 1 aromatic heterocycles. The average Bonchev–Trinajstić information content (AvgIpc) is 2.81. The Kier molecular flexibility index (Phi) is 3.62. The predicted molar refractivity (Wildman–Crippen MR) is 78.1 cm³/mol. The monoisotopic (exact) mass is 260 g/mol. The summed E-state index contributed by atoms with van der Waals surface area (Å²) in [7, 11) is 0. The summed E-state index contributed by atoms with van der Waals surface area (Å²) in [5.74, 6) is 0.851. The van der Waals surface area contributed by atoms with Crippen molar-refractivity contribution in [3.8, 4) is 0 Å². The quantitative estimate of drug-likeness (QED) is 0.911. The summed E-state index contributed by atoms with van der Waals surface area (Å²) in [4.78, 5) is 4.70. The molecule has 1 fully saturated rings. The van der Waals surface area contributed by atoms with Gasteiger partial charge in [-0.2, -0.15) is 0 Å². The molecule has 96 valence electrons. The van der Waals surface area contributed by atoms with Gasteiger partial charge in [0.1, 0.15) is 0 Å². The Bertz CT molecular complexity index is 479. The van der Waals surface area contributed by atoms with Gasteiger partial charge < -0.3 is 5.32 Å². The lowest BCUT2D eigenvalue weighted by Gasteiger charge is -2.27. The Hall–Kier alpha value is -0.930. The molecule has 1 saturated heterocycles. The molecule has 1 aliphatic heterocycles. The summed E-state index contributed by atoms with van der Waals surface area (Å²) in [5.41, 5.74) is 1.16. The van der Waals surface area contributed by atoms with Gasteiger partial charge in [-0.1, -0.05) is 19.1 Å². The highest BCUT2D eigenvalue weighted by molar-refractivity contribution is 7.18. The molecule has 0 saturated carbocycles. The number of rotatable bonds is 3. The number of benzene rings is 1. The maximum absolute atomic E-state index is 4.70. The lowest BCUT2D eigenvalue weighted by Crippen LogP contribution is -2.38. The van der Waals surface area contributed by atoms with E-state index in [4.69, 9.17) is 4.98 Å². The second-order valence-corrected chi connectivity index (χ2v) is 6.52. The van der Waals surface area contributed by atoms with E-state index in [1.807, 2.05) is 11.3 Å². The molecule has 0 bridgehead atoms. The Balaban J connectivity index is 1.59. The lowest BCUT2D eigenvalue weighted by atomic mass is 9.94. The SMILES string of the molecule is CC1CCC(CCc2nc3ccccc3s2)NC1. The van der Waals surface area contributed by atoms with E-state index in [1.54, 1.807) is 0 Å². The van der Waals surface area contributed by atoms with Crippen LogP contribution in [0.4, 0.5) is 0 Å². The van der Waals surface area contributed by atoms with E-state index >= 15 is 0 Å². The van der Waals surface area contributed by atoms with Crippen LogP contribution in [0.2, 0.25) is 0 Å². The molecule has 0 radical (unpaired) electrons. The summed E-state index contributed by atoms with van der Waals surface area (Å²) in [6.45, 7) is 3.52. The third-order valence-corrected chi connectivity index (χ3v) is 4.90. The van der Waals surface area contributed by atoms with Crippen LogP contribution in [0.5, 0.6) is 0 Å². The van der Waals surface area contributed by atoms with Gasteiger partial charge in [-0.15, -0.1) is 11.3 Å². The first-order valence-corrected chi connectivity index (χ1v) is 7.71. The number of piperidine rings is 1. The van der Waals surface area contributed by atoms with Gasteiger partial charge in [0.2, 0.25) is 0 Å². The van der Waals surface area contributed by atoms with Gasteiger partial charge in [0.05, 0.1) is 15.2 Å². The molecule has 2 nitrogen and oxygen atoms in total. The molecule has 3 rings (SSSR count). The van der Waals surface area contributed by atoms with Crippen molar-refractivity contribution in [2.45, 2.75) is 38.6 Å². The molecule has 0 spiro atoms. The van der Waals surface area contributed by atoms with Crippen molar-refractivity contribution in [3.63, 3.8) is 0 Å². The number of thiazole rings is 1. The molecule has 1 aromatic carbocycles. The highest BCUT2D eigenvalue weighted by Crippen LogP contribution is 2.24. The number of fused-ring (bicyclic) bond motifs is 1. The summed E-state index contributed by atoms with van der Waals surface area (Å²) in [6.07, 6.45) is 5.04. The second-order valence-electron chi connectivity index (χ2n) is 5.40. The van der Waals surface area contributed by atoms with Crippen LogP contribution in [0.25, 0.3) is 10.2 Å². The first-order chi connectivity index (χ1) is 8.81. The molecule has 0 amide bonds. The Morgan fingerprint density at radius 2 is 2.22 bits per heavy atom. The first kappa shape index (κ1) is 12.1. The van der Waals surface area contributed by atoms with Crippen molar-refractivity contribution in [2.24, 2.45) is 5.92 Å². The second kappa shape index (κ2) is 5.37. The van der Waals surface area contributed by atoms with Crippen LogP contribution in [-0.4, -0.2) is 17.6 Å². The smallest absolute Gasteiger partial charge is 0.0939 e. The zero-order valence-corrected chi connectivity index (χ0v) is 11.7. The van der Waals surface area contributed by atoms with E-state index in [0.29, 0.717) is 6.04 Å². The minimum Gasteiger partial charge on any atom is -0.314 e. The highest BCUT2D eigenvalue weighted by atomic mass is 32.1. The van der Waals surface area contributed by atoms with Crippen molar-refractivity contribution in [1.82, 2.24) is 10.3 Å². The van der Waals surface area contributed by atoms with Gasteiger partial charge in [-0.3, -0.25) is 0 Å². The van der Waals surface area contributed by atoms with Gasteiger partial charge >= 0.3 is 0 Å². The molecule has 2 aromatic rings. The minimum absolute atomic E-state index is 0.702. The van der Waals surface area contributed by atoms with Crippen LogP contribution in [0.3, 0.4) is 0 Å². The number of aromatic nitrogens is 1. The van der Waals surface area contributed by atoms with Crippen LogP contribution >= 0.6 is 11.3 Å². The minimum atomic E-state index is 0.702. The number of hydrogen-bond donors (Lipinski definition) is 1. The molecule has 2 heterocycles. The van der Waals surface area contributed by atoms with Crippen molar-refractivity contribution >= 4 is 21.6 Å².